The van der Waals surface area contributed by atoms with Gasteiger partial charge in [-0.1, -0.05) is 29.3 Å². The van der Waals surface area contributed by atoms with Gasteiger partial charge in [0.05, 0.1) is 33.2 Å². The fraction of sp³-hybridized carbons (Fsp3) is 0.120. The number of carbonyl (C=O) groups excluding carboxylic acids is 2. The molecule has 0 saturated carbocycles. The highest BCUT2D eigenvalue weighted by Crippen LogP contribution is 2.36. The van der Waals surface area contributed by atoms with Crippen molar-refractivity contribution in [1.29, 1.82) is 10.7 Å². The largest absolute Gasteiger partial charge is 0.453 e. The minimum absolute atomic E-state index is 0.0487. The molecule has 0 saturated heterocycles. The maximum atomic E-state index is 15.3. The van der Waals surface area contributed by atoms with Gasteiger partial charge in [-0.25, -0.2) is 4.39 Å². The molecule has 0 fully saturated rings. The monoisotopic (exact) mass is 605 g/mol. The first-order valence-electron chi connectivity index (χ1n) is 10.5. The van der Waals surface area contributed by atoms with Crippen molar-refractivity contribution < 1.29 is 18.7 Å². The van der Waals surface area contributed by atoms with E-state index in [2.05, 4.69) is 26.6 Å². The summed E-state index contributed by atoms with van der Waals surface area (Å²) in [6.45, 7) is 0. The van der Waals surface area contributed by atoms with Crippen LogP contribution >= 0.6 is 39.1 Å². The maximum Gasteiger partial charge on any atom is 0.258 e. The van der Waals surface area contributed by atoms with Crippen LogP contribution in [-0.4, -0.2) is 36.8 Å². The summed E-state index contributed by atoms with van der Waals surface area (Å²) in [5.74, 6) is -1.99. The van der Waals surface area contributed by atoms with E-state index in [9.17, 15) is 9.59 Å². The summed E-state index contributed by atoms with van der Waals surface area (Å²) in [5, 5.41) is 22.1. The predicted octanol–water partition coefficient (Wildman–Crippen LogP) is 5.97. The van der Waals surface area contributed by atoms with Gasteiger partial charge in [0.2, 0.25) is 5.91 Å². The number of nitrogens with zero attached hydrogens (tertiary/aromatic N) is 2. The van der Waals surface area contributed by atoms with Crippen LogP contribution in [0.5, 0.6) is 11.5 Å². The van der Waals surface area contributed by atoms with Crippen LogP contribution in [0, 0.1) is 22.6 Å². The molecule has 12 heteroatoms. The van der Waals surface area contributed by atoms with Crippen molar-refractivity contribution in [2.24, 2.45) is 0 Å². The molecule has 37 heavy (non-hydrogen) atoms. The molecule has 0 spiro atoms. The molecule has 0 unspecified atom stereocenters. The molecule has 3 aromatic carbocycles. The van der Waals surface area contributed by atoms with Crippen LogP contribution in [0.25, 0.3) is 0 Å². The van der Waals surface area contributed by atoms with Gasteiger partial charge in [0.25, 0.3) is 5.91 Å². The zero-order valence-corrected chi connectivity index (χ0v) is 22.6. The molecule has 0 radical (unpaired) electrons. The number of nitriles is 1. The maximum absolute atomic E-state index is 15.3. The van der Waals surface area contributed by atoms with E-state index in [1.807, 2.05) is 6.07 Å². The summed E-state index contributed by atoms with van der Waals surface area (Å²) >= 11 is 15.5. The van der Waals surface area contributed by atoms with E-state index in [0.29, 0.717) is 4.47 Å². The number of benzene rings is 3. The summed E-state index contributed by atoms with van der Waals surface area (Å²) in [4.78, 5) is 26.3. The van der Waals surface area contributed by atoms with E-state index in [1.54, 1.807) is 14.1 Å². The minimum atomic E-state index is -0.774. The van der Waals surface area contributed by atoms with Crippen molar-refractivity contribution in [3.63, 3.8) is 0 Å². The summed E-state index contributed by atoms with van der Waals surface area (Å²) in [5.41, 5.74) is 0.706. The summed E-state index contributed by atoms with van der Waals surface area (Å²) < 4.78 is 21.2. The van der Waals surface area contributed by atoms with Crippen LogP contribution in [0.3, 0.4) is 0 Å². The zero-order chi connectivity index (χ0) is 27.3. The fourth-order valence-corrected chi connectivity index (χ4v) is 3.86. The number of ether oxygens (including phenoxy) is 1. The van der Waals surface area contributed by atoms with Crippen molar-refractivity contribution in [1.82, 2.24) is 10.2 Å². The third kappa shape index (κ3) is 7.20. The topological polar surface area (TPSA) is 118 Å². The normalized spacial score (nSPS) is 10.3. The lowest BCUT2D eigenvalue weighted by Crippen LogP contribution is -2.39. The summed E-state index contributed by atoms with van der Waals surface area (Å²) in [7, 11) is 3.22. The number of carbonyl (C=O) groups is 2. The highest BCUT2D eigenvalue weighted by molar-refractivity contribution is 9.10. The van der Waals surface area contributed by atoms with Gasteiger partial charge in [0, 0.05) is 30.2 Å². The van der Waals surface area contributed by atoms with Crippen LogP contribution in [0.2, 0.25) is 10.0 Å². The van der Waals surface area contributed by atoms with Gasteiger partial charge in [-0.05, 0) is 58.4 Å². The average molecular weight is 607 g/mol. The van der Waals surface area contributed by atoms with Gasteiger partial charge in [0.1, 0.15) is 5.75 Å². The first-order chi connectivity index (χ1) is 17.5. The highest BCUT2D eigenvalue weighted by Gasteiger charge is 2.19. The Morgan fingerprint density at radius 3 is 2.54 bits per heavy atom. The molecule has 0 aromatic heterocycles. The standard InChI is InChI=1S/C25H19BrCl2FN5O3/c1-34(2)25(31)33-24(36)15-4-6-20(19(28)9-15)32-21(35)10-14-3-5-18(26)23(22(14)29)37-17-8-13(12-30)7-16(27)11-17/h3-9,11H,10H2,1-2H3,(H,32,35)(H2,31,33,36). The number of amides is 2. The second kappa shape index (κ2) is 12.1. The molecular weight excluding hydrogens is 588 g/mol. The van der Waals surface area contributed by atoms with E-state index in [0.717, 1.165) is 0 Å². The minimum Gasteiger partial charge on any atom is -0.453 e. The number of hydrogen-bond acceptors (Lipinski definition) is 5. The lowest BCUT2D eigenvalue weighted by molar-refractivity contribution is -0.115. The third-order valence-electron chi connectivity index (χ3n) is 4.88. The van der Waals surface area contributed by atoms with Crippen molar-refractivity contribution >= 4 is 62.6 Å². The molecule has 8 nitrogen and oxygen atoms in total. The van der Waals surface area contributed by atoms with Crippen LogP contribution < -0.4 is 15.4 Å². The lowest BCUT2D eigenvalue weighted by atomic mass is 10.1. The van der Waals surface area contributed by atoms with Gasteiger partial charge < -0.3 is 15.0 Å². The van der Waals surface area contributed by atoms with Gasteiger partial charge in [-0.3, -0.25) is 20.3 Å². The SMILES string of the molecule is CN(C)C(=N)NC(=O)c1ccc(NC(=O)Cc2ccc(Br)c(Oc3cc(Cl)cc(C#N)c3)c2F)c(Cl)c1. The van der Waals surface area contributed by atoms with Gasteiger partial charge in [-0.15, -0.1) is 0 Å². The van der Waals surface area contributed by atoms with E-state index in [-0.39, 0.29) is 56.3 Å². The van der Waals surface area contributed by atoms with Crippen molar-refractivity contribution in [3.8, 4) is 17.6 Å². The fourth-order valence-electron chi connectivity index (χ4n) is 3.02. The first kappa shape index (κ1) is 27.9. The number of guanidine groups is 1. The molecule has 3 N–H and O–H groups in total. The Hall–Kier alpha value is -3.65. The number of nitrogens with one attached hydrogen (secondary N) is 3. The van der Waals surface area contributed by atoms with E-state index in [1.165, 1.54) is 53.4 Å². The predicted molar refractivity (Wildman–Crippen MR) is 143 cm³/mol. The molecule has 0 aliphatic heterocycles. The van der Waals surface area contributed by atoms with Crippen molar-refractivity contribution in [2.45, 2.75) is 6.42 Å². The Morgan fingerprint density at radius 2 is 1.89 bits per heavy atom. The Labute approximate surface area is 230 Å². The summed E-state index contributed by atoms with van der Waals surface area (Å²) in [6, 6.07) is 13.4. The van der Waals surface area contributed by atoms with E-state index in [4.69, 9.17) is 38.6 Å². The van der Waals surface area contributed by atoms with Crippen LogP contribution in [0.1, 0.15) is 21.5 Å². The van der Waals surface area contributed by atoms with Crippen LogP contribution in [0.15, 0.2) is 53.0 Å². The van der Waals surface area contributed by atoms with Gasteiger partial charge in [-0.2, -0.15) is 5.26 Å². The first-order valence-corrected chi connectivity index (χ1v) is 12.1. The Morgan fingerprint density at radius 1 is 1.16 bits per heavy atom. The lowest BCUT2D eigenvalue weighted by Gasteiger charge is -2.15. The third-order valence-corrected chi connectivity index (χ3v) is 6.04. The van der Waals surface area contributed by atoms with Crippen LogP contribution in [-0.2, 0) is 11.2 Å². The molecule has 0 aliphatic carbocycles. The molecular formula is C25H19BrCl2FN5O3. The Bertz CT molecular complexity index is 1440. The van der Waals surface area contributed by atoms with Crippen LogP contribution in [0.4, 0.5) is 10.1 Å². The zero-order valence-electron chi connectivity index (χ0n) is 19.5. The molecule has 0 atom stereocenters. The van der Waals surface area contributed by atoms with Crippen molar-refractivity contribution in [2.75, 3.05) is 19.4 Å². The molecule has 2 amide bonds. The number of anilines is 1. The molecule has 3 rings (SSSR count). The number of hydrogen-bond donors (Lipinski definition) is 3. The molecule has 190 valence electrons. The van der Waals surface area contributed by atoms with E-state index >= 15 is 4.39 Å². The smallest absolute Gasteiger partial charge is 0.258 e. The number of halogens is 4. The van der Waals surface area contributed by atoms with E-state index < -0.39 is 17.6 Å². The summed E-state index contributed by atoms with van der Waals surface area (Å²) in [6.07, 6.45) is -0.340. The Kier molecular flexibility index (Phi) is 9.10. The quantitative estimate of drug-likeness (QED) is 0.236. The van der Waals surface area contributed by atoms with Gasteiger partial charge in [0.15, 0.2) is 17.5 Å². The Balaban J connectivity index is 1.74. The second-order valence-electron chi connectivity index (χ2n) is 7.86. The average Bonchev–Trinajstić information content (AvgIpc) is 2.84. The highest BCUT2D eigenvalue weighted by atomic mass is 79.9. The van der Waals surface area contributed by atoms with Gasteiger partial charge >= 0.3 is 0 Å². The molecule has 0 bridgehead atoms. The molecule has 0 aliphatic rings. The molecule has 0 heterocycles. The molecule has 3 aromatic rings. The number of rotatable bonds is 6. The second-order valence-corrected chi connectivity index (χ2v) is 9.55. The van der Waals surface area contributed by atoms with Crippen molar-refractivity contribution in [3.05, 3.63) is 85.6 Å².